The Balaban J connectivity index is 2.18. The summed E-state index contributed by atoms with van der Waals surface area (Å²) >= 11 is 5.80. The van der Waals surface area contributed by atoms with Gasteiger partial charge in [0, 0.05) is 11.1 Å². The molecule has 5 heteroatoms. The van der Waals surface area contributed by atoms with Crippen molar-refractivity contribution in [2.75, 3.05) is 0 Å². The van der Waals surface area contributed by atoms with E-state index in [0.717, 1.165) is 0 Å². The predicted molar refractivity (Wildman–Crippen MR) is 74.3 cm³/mol. The number of fused-ring (bicyclic) bond motifs is 1. The second kappa shape index (κ2) is 4.48. The molecule has 1 aliphatic heterocycles. The summed E-state index contributed by atoms with van der Waals surface area (Å²) in [5.41, 5.74) is 1.41. The van der Waals surface area contributed by atoms with Crippen LogP contribution in [-0.2, 0) is 0 Å². The number of halogens is 1. The fraction of sp³-hybridized carbons (Fsp3) is 0. The lowest BCUT2D eigenvalue weighted by Gasteiger charge is -2.02. The molecule has 0 unspecified atom stereocenters. The van der Waals surface area contributed by atoms with E-state index in [1.807, 2.05) is 6.07 Å². The molecule has 0 fully saturated rings. The smallest absolute Gasteiger partial charge is 0.272 e. The molecule has 96 valence electrons. The van der Waals surface area contributed by atoms with Crippen LogP contribution in [0.4, 0.5) is 5.69 Å². The van der Waals surface area contributed by atoms with Crippen LogP contribution in [0, 0.1) is 16.5 Å². The Hall–Kier alpha value is -2.64. The third kappa shape index (κ3) is 1.77. The van der Waals surface area contributed by atoms with Gasteiger partial charge in [0.1, 0.15) is 5.56 Å². The average Bonchev–Trinajstić information content (AvgIpc) is 2.72. The van der Waals surface area contributed by atoms with Crippen LogP contribution in [0.5, 0.6) is 0 Å². The van der Waals surface area contributed by atoms with Crippen molar-refractivity contribution in [1.82, 2.24) is 0 Å². The first-order valence-electron chi connectivity index (χ1n) is 5.81. The number of hydrogen-bond acceptors (Lipinski definition) is 3. The lowest BCUT2D eigenvalue weighted by molar-refractivity contribution is -0.355. The van der Waals surface area contributed by atoms with Gasteiger partial charge in [0.15, 0.2) is 0 Å². The fourth-order valence-corrected chi connectivity index (χ4v) is 2.28. The minimum absolute atomic E-state index is 0.0479. The van der Waals surface area contributed by atoms with Gasteiger partial charge in [0.25, 0.3) is 11.5 Å². The SMILES string of the molecule is N#Cc1ccc2c(c1)[N+]([O-])=C(c1ccc(Cl)cc1)C2=O. The van der Waals surface area contributed by atoms with Gasteiger partial charge in [-0.2, -0.15) is 10.0 Å². The Labute approximate surface area is 119 Å². The van der Waals surface area contributed by atoms with Crippen molar-refractivity contribution in [3.8, 4) is 6.07 Å². The van der Waals surface area contributed by atoms with Crippen LogP contribution in [0.3, 0.4) is 0 Å². The maximum Gasteiger partial charge on any atom is 0.272 e. The normalized spacial score (nSPS) is 13.3. The van der Waals surface area contributed by atoms with Crippen LogP contribution in [-0.4, -0.2) is 16.2 Å². The van der Waals surface area contributed by atoms with E-state index in [9.17, 15) is 10.0 Å². The Kier molecular flexibility index (Phi) is 2.78. The average molecular weight is 283 g/mol. The molecule has 0 saturated heterocycles. The molecule has 0 atom stereocenters. The number of nitrogens with zero attached hydrogens (tertiary/aromatic N) is 2. The first-order valence-corrected chi connectivity index (χ1v) is 6.18. The molecule has 0 saturated carbocycles. The summed E-state index contributed by atoms with van der Waals surface area (Å²) in [4.78, 5) is 12.3. The number of nitriles is 1. The van der Waals surface area contributed by atoms with Crippen molar-refractivity contribution in [2.45, 2.75) is 0 Å². The standard InChI is InChI=1S/C15H7ClN2O2/c16-11-4-2-10(3-5-11)14-15(19)12-6-1-9(8-17)7-13(12)18(14)20/h1-7H. The third-order valence-electron chi connectivity index (χ3n) is 3.13. The number of carbonyl (C=O) groups is 1. The minimum Gasteiger partial charge on any atom is -0.618 e. The molecule has 0 aromatic heterocycles. The molecule has 2 aromatic rings. The number of rotatable bonds is 1. The van der Waals surface area contributed by atoms with Gasteiger partial charge < -0.3 is 5.21 Å². The highest BCUT2D eigenvalue weighted by Gasteiger charge is 2.36. The summed E-state index contributed by atoms with van der Waals surface area (Å²) in [7, 11) is 0. The van der Waals surface area contributed by atoms with Crippen molar-refractivity contribution in [3.05, 3.63) is 69.4 Å². The van der Waals surface area contributed by atoms with E-state index in [0.29, 0.717) is 26.5 Å². The van der Waals surface area contributed by atoms with Crippen molar-refractivity contribution in [3.63, 3.8) is 0 Å². The summed E-state index contributed by atoms with van der Waals surface area (Å²) in [5.74, 6) is -0.346. The summed E-state index contributed by atoms with van der Waals surface area (Å²) in [6, 6.07) is 12.9. The molecule has 0 radical (unpaired) electrons. The molecular weight excluding hydrogens is 276 g/mol. The summed E-state index contributed by atoms with van der Waals surface area (Å²) in [5, 5.41) is 21.7. The highest BCUT2D eigenvalue weighted by Crippen LogP contribution is 2.29. The van der Waals surface area contributed by atoms with Gasteiger partial charge in [0.05, 0.1) is 17.2 Å². The molecular formula is C15H7ClN2O2. The van der Waals surface area contributed by atoms with Crippen molar-refractivity contribution in [1.29, 1.82) is 5.26 Å². The largest absolute Gasteiger partial charge is 0.618 e. The second-order valence-electron chi connectivity index (χ2n) is 4.32. The van der Waals surface area contributed by atoms with Gasteiger partial charge in [-0.15, -0.1) is 0 Å². The third-order valence-corrected chi connectivity index (χ3v) is 3.38. The molecule has 0 N–H and O–H groups in total. The lowest BCUT2D eigenvalue weighted by atomic mass is 10.0. The van der Waals surface area contributed by atoms with E-state index >= 15 is 0 Å². The zero-order valence-electron chi connectivity index (χ0n) is 10.1. The van der Waals surface area contributed by atoms with Gasteiger partial charge >= 0.3 is 0 Å². The van der Waals surface area contributed by atoms with Crippen molar-refractivity contribution in [2.24, 2.45) is 0 Å². The van der Waals surface area contributed by atoms with Gasteiger partial charge in [-0.3, -0.25) is 4.79 Å². The number of benzene rings is 2. The van der Waals surface area contributed by atoms with Crippen LogP contribution in [0.25, 0.3) is 0 Å². The monoisotopic (exact) mass is 282 g/mol. The van der Waals surface area contributed by atoms with Crippen LogP contribution >= 0.6 is 11.6 Å². The van der Waals surface area contributed by atoms with Gasteiger partial charge in [0.2, 0.25) is 5.69 Å². The summed E-state index contributed by atoms with van der Waals surface area (Å²) in [6.07, 6.45) is 0. The number of hydrogen-bond donors (Lipinski definition) is 0. The first kappa shape index (κ1) is 12.4. The van der Waals surface area contributed by atoms with E-state index in [1.165, 1.54) is 18.2 Å². The Morgan fingerprint density at radius 3 is 2.50 bits per heavy atom. The van der Waals surface area contributed by atoms with Crippen LogP contribution in [0.2, 0.25) is 5.02 Å². The Bertz CT molecular complexity index is 802. The zero-order chi connectivity index (χ0) is 14.3. The molecule has 20 heavy (non-hydrogen) atoms. The molecule has 0 bridgehead atoms. The van der Waals surface area contributed by atoms with Crippen LogP contribution in [0.15, 0.2) is 42.5 Å². The van der Waals surface area contributed by atoms with Gasteiger partial charge in [-0.05, 0) is 36.4 Å². The van der Waals surface area contributed by atoms with E-state index < -0.39 is 0 Å². The van der Waals surface area contributed by atoms with Crippen molar-refractivity contribution >= 4 is 28.8 Å². The molecule has 1 heterocycles. The maximum atomic E-state index is 12.3. The first-order chi connectivity index (χ1) is 9.61. The summed E-state index contributed by atoms with van der Waals surface area (Å²) in [6.45, 7) is 0. The molecule has 4 nitrogen and oxygen atoms in total. The fourth-order valence-electron chi connectivity index (χ4n) is 2.16. The number of Topliss-reactive ketones (excluding diaryl/α,β-unsaturated/α-hetero) is 1. The predicted octanol–water partition coefficient (Wildman–Crippen LogP) is 3.04. The Morgan fingerprint density at radius 1 is 1.15 bits per heavy atom. The molecule has 0 spiro atoms. The van der Waals surface area contributed by atoms with Gasteiger partial charge in [-0.1, -0.05) is 11.6 Å². The van der Waals surface area contributed by atoms with E-state index in [2.05, 4.69) is 0 Å². The number of carbonyl (C=O) groups excluding carboxylic acids is 1. The maximum absolute atomic E-state index is 12.3. The molecule has 0 amide bonds. The molecule has 0 aliphatic carbocycles. The second-order valence-corrected chi connectivity index (χ2v) is 4.76. The van der Waals surface area contributed by atoms with E-state index in [-0.39, 0.29) is 17.2 Å². The van der Waals surface area contributed by atoms with Gasteiger partial charge in [-0.25, -0.2) is 0 Å². The van der Waals surface area contributed by atoms with Crippen LogP contribution in [0.1, 0.15) is 21.5 Å². The van der Waals surface area contributed by atoms with Crippen LogP contribution < -0.4 is 0 Å². The molecule has 3 rings (SSSR count). The highest BCUT2D eigenvalue weighted by atomic mass is 35.5. The lowest BCUT2D eigenvalue weighted by Crippen LogP contribution is -2.16. The number of ketones is 1. The topological polar surface area (TPSA) is 66.9 Å². The zero-order valence-corrected chi connectivity index (χ0v) is 10.9. The highest BCUT2D eigenvalue weighted by molar-refractivity contribution is 6.52. The summed E-state index contributed by atoms with van der Waals surface area (Å²) < 4.78 is 0.571. The van der Waals surface area contributed by atoms with E-state index in [1.54, 1.807) is 24.3 Å². The Morgan fingerprint density at radius 2 is 1.85 bits per heavy atom. The van der Waals surface area contributed by atoms with Crippen molar-refractivity contribution < 1.29 is 9.53 Å². The quantitative estimate of drug-likeness (QED) is 0.596. The molecule has 2 aromatic carbocycles. The van der Waals surface area contributed by atoms with E-state index in [4.69, 9.17) is 16.9 Å². The molecule has 1 aliphatic rings. The minimum atomic E-state index is -0.346.